The lowest BCUT2D eigenvalue weighted by Crippen LogP contribution is -1.85. The molecule has 0 aromatic carbocycles. The Morgan fingerprint density at radius 2 is 1.80 bits per heavy atom. The molecule has 0 aliphatic heterocycles. The van der Waals surface area contributed by atoms with Crippen LogP contribution in [0.4, 0.5) is 0 Å². The van der Waals surface area contributed by atoms with Crippen molar-refractivity contribution in [1.82, 2.24) is 4.98 Å². The Kier molecular flexibility index (Phi) is 3.86. The summed E-state index contributed by atoms with van der Waals surface area (Å²) in [5.41, 5.74) is 3.63. The van der Waals surface area contributed by atoms with Gasteiger partial charge in [-0.05, 0) is 31.9 Å². The van der Waals surface area contributed by atoms with Crippen LogP contribution in [-0.2, 0) is 0 Å². The molecule has 1 rings (SSSR count). The van der Waals surface area contributed by atoms with E-state index in [9.17, 15) is 0 Å². The zero-order valence-electron chi connectivity index (χ0n) is 6.51. The first-order valence-electron chi connectivity index (χ1n) is 3.10. The second kappa shape index (κ2) is 3.91. The van der Waals surface area contributed by atoms with Crippen molar-refractivity contribution in [2.24, 2.45) is 0 Å². The second-order valence-electron chi connectivity index (χ2n) is 2.41. The molecule has 2 heteroatoms. The predicted octanol–water partition coefficient (Wildman–Crippen LogP) is 2.62. The van der Waals surface area contributed by atoms with E-state index in [0.717, 1.165) is 5.69 Å². The molecule has 10 heavy (non-hydrogen) atoms. The van der Waals surface area contributed by atoms with E-state index in [1.807, 2.05) is 13.1 Å². The van der Waals surface area contributed by atoms with Gasteiger partial charge in [-0.3, -0.25) is 4.98 Å². The summed E-state index contributed by atoms with van der Waals surface area (Å²) in [5.74, 6) is 0. The third-order valence-electron chi connectivity index (χ3n) is 1.48. The molecular weight excluding hydrogens is 237 g/mol. The first kappa shape index (κ1) is 9.88. The Balaban J connectivity index is 0.000000810. The molecule has 0 aliphatic carbocycles. The quantitative estimate of drug-likeness (QED) is 0.644. The maximum atomic E-state index is 4.18. The molecule has 0 bridgehead atoms. The van der Waals surface area contributed by atoms with Gasteiger partial charge in [0.1, 0.15) is 0 Å². The van der Waals surface area contributed by atoms with Gasteiger partial charge >= 0.3 is 0 Å². The molecule has 1 heterocycles. The van der Waals surface area contributed by atoms with Crippen molar-refractivity contribution in [2.45, 2.75) is 20.8 Å². The largest absolute Gasteiger partial charge is 0.261 e. The van der Waals surface area contributed by atoms with E-state index in [1.54, 1.807) is 0 Å². The number of hydrogen-bond donors (Lipinski definition) is 0. The van der Waals surface area contributed by atoms with Gasteiger partial charge in [-0.15, -0.1) is 24.0 Å². The summed E-state index contributed by atoms with van der Waals surface area (Å²) in [6.45, 7) is 6.16. The molecule has 0 saturated carbocycles. The van der Waals surface area contributed by atoms with Gasteiger partial charge in [-0.1, -0.05) is 6.07 Å². The minimum absolute atomic E-state index is 0. The molecule has 0 atom stereocenters. The van der Waals surface area contributed by atoms with Gasteiger partial charge in [-0.25, -0.2) is 0 Å². The van der Waals surface area contributed by atoms with E-state index in [-0.39, 0.29) is 24.0 Å². The number of aromatic nitrogens is 1. The Hall–Kier alpha value is -0.120. The van der Waals surface area contributed by atoms with Crippen LogP contribution in [-0.4, -0.2) is 4.98 Å². The summed E-state index contributed by atoms with van der Waals surface area (Å²) in [4.78, 5) is 4.18. The highest BCUT2D eigenvalue weighted by molar-refractivity contribution is 14.0. The van der Waals surface area contributed by atoms with Gasteiger partial charge in [0.05, 0.1) is 0 Å². The lowest BCUT2D eigenvalue weighted by Gasteiger charge is -1.97. The van der Waals surface area contributed by atoms with Crippen molar-refractivity contribution < 1.29 is 0 Å². The summed E-state index contributed by atoms with van der Waals surface area (Å²) in [6, 6.07) is 2.14. The van der Waals surface area contributed by atoms with Crippen molar-refractivity contribution in [3.8, 4) is 0 Å². The van der Waals surface area contributed by atoms with Crippen molar-refractivity contribution >= 4 is 24.0 Å². The predicted molar refractivity (Wildman–Crippen MR) is 53.9 cm³/mol. The maximum absolute atomic E-state index is 4.18. The normalized spacial score (nSPS) is 8.70. The lowest BCUT2D eigenvalue weighted by atomic mass is 10.2. The Bertz CT molecular complexity index is 220. The van der Waals surface area contributed by atoms with Crippen molar-refractivity contribution in [3.63, 3.8) is 0 Å². The molecule has 0 aliphatic rings. The number of nitrogens with zero attached hydrogens (tertiary/aromatic N) is 1. The molecule has 56 valence electrons. The highest BCUT2D eigenvalue weighted by Gasteiger charge is 1.90. The average molecular weight is 249 g/mol. The minimum Gasteiger partial charge on any atom is -0.261 e. The van der Waals surface area contributed by atoms with Crippen LogP contribution in [0.2, 0.25) is 0 Å². The van der Waals surface area contributed by atoms with Gasteiger partial charge in [0.25, 0.3) is 0 Å². The highest BCUT2D eigenvalue weighted by Crippen LogP contribution is 2.03. The van der Waals surface area contributed by atoms with Gasteiger partial charge in [0.15, 0.2) is 0 Å². The van der Waals surface area contributed by atoms with Crippen LogP contribution in [0.15, 0.2) is 12.3 Å². The molecule has 1 aromatic heterocycles. The highest BCUT2D eigenvalue weighted by atomic mass is 127. The summed E-state index contributed by atoms with van der Waals surface area (Å²) in [7, 11) is 0. The fourth-order valence-electron chi connectivity index (χ4n) is 0.784. The molecule has 1 nitrogen and oxygen atoms in total. The molecule has 0 radical (unpaired) electrons. The Morgan fingerprint density at radius 1 is 1.20 bits per heavy atom. The molecule has 1 aromatic rings. The zero-order valence-corrected chi connectivity index (χ0v) is 8.84. The number of pyridine rings is 1. The topological polar surface area (TPSA) is 12.9 Å². The van der Waals surface area contributed by atoms with Crippen LogP contribution in [0.5, 0.6) is 0 Å². The molecule has 0 amide bonds. The second-order valence-corrected chi connectivity index (χ2v) is 2.41. The number of hydrogen-bond acceptors (Lipinski definition) is 1. The molecular formula is C8H12IN. The summed E-state index contributed by atoms with van der Waals surface area (Å²) in [5, 5.41) is 0. The molecule has 0 N–H and O–H groups in total. The van der Waals surface area contributed by atoms with E-state index >= 15 is 0 Å². The molecule has 0 saturated heterocycles. The molecule has 0 spiro atoms. The van der Waals surface area contributed by atoms with Crippen LogP contribution in [0.25, 0.3) is 0 Å². The zero-order chi connectivity index (χ0) is 6.85. The number of halogens is 1. The van der Waals surface area contributed by atoms with E-state index in [0.29, 0.717) is 0 Å². The first-order valence-corrected chi connectivity index (χ1v) is 3.10. The third kappa shape index (κ3) is 2.25. The summed E-state index contributed by atoms with van der Waals surface area (Å²) >= 11 is 0. The SMILES string of the molecule is Cc1cnc(C)c(C)c1.I. The molecule has 0 unspecified atom stereocenters. The van der Waals surface area contributed by atoms with Crippen LogP contribution in [0, 0.1) is 20.8 Å². The van der Waals surface area contributed by atoms with Crippen molar-refractivity contribution in [3.05, 3.63) is 29.1 Å². The lowest BCUT2D eigenvalue weighted by molar-refractivity contribution is 1.12. The van der Waals surface area contributed by atoms with E-state index in [1.165, 1.54) is 11.1 Å². The third-order valence-corrected chi connectivity index (χ3v) is 1.48. The van der Waals surface area contributed by atoms with Crippen LogP contribution in [0.1, 0.15) is 16.8 Å². The van der Waals surface area contributed by atoms with E-state index in [4.69, 9.17) is 0 Å². The van der Waals surface area contributed by atoms with Gasteiger partial charge in [0, 0.05) is 11.9 Å². The monoisotopic (exact) mass is 249 g/mol. The Morgan fingerprint density at radius 3 is 2.20 bits per heavy atom. The van der Waals surface area contributed by atoms with Gasteiger partial charge in [0.2, 0.25) is 0 Å². The number of rotatable bonds is 0. The smallest absolute Gasteiger partial charge is 0.0401 e. The van der Waals surface area contributed by atoms with Crippen molar-refractivity contribution in [2.75, 3.05) is 0 Å². The van der Waals surface area contributed by atoms with Crippen LogP contribution >= 0.6 is 24.0 Å². The number of aryl methyl sites for hydroxylation is 3. The van der Waals surface area contributed by atoms with E-state index < -0.39 is 0 Å². The summed E-state index contributed by atoms with van der Waals surface area (Å²) in [6.07, 6.45) is 1.89. The van der Waals surface area contributed by atoms with E-state index in [2.05, 4.69) is 24.9 Å². The molecule has 0 fully saturated rings. The van der Waals surface area contributed by atoms with Gasteiger partial charge in [-0.2, -0.15) is 0 Å². The summed E-state index contributed by atoms with van der Waals surface area (Å²) < 4.78 is 0. The van der Waals surface area contributed by atoms with Crippen LogP contribution in [0.3, 0.4) is 0 Å². The maximum Gasteiger partial charge on any atom is 0.0401 e. The van der Waals surface area contributed by atoms with Crippen molar-refractivity contribution in [1.29, 1.82) is 0 Å². The van der Waals surface area contributed by atoms with Crippen LogP contribution < -0.4 is 0 Å². The first-order chi connectivity index (χ1) is 4.20. The van der Waals surface area contributed by atoms with Gasteiger partial charge < -0.3 is 0 Å². The fourth-order valence-corrected chi connectivity index (χ4v) is 0.784. The average Bonchev–Trinajstić information content (AvgIpc) is 1.80. The minimum atomic E-state index is 0. The Labute approximate surface area is 78.9 Å². The standard InChI is InChI=1S/C8H11N.HI/c1-6-4-7(2)8(3)9-5-6;/h4-5H,1-3H3;1H. The fraction of sp³-hybridized carbons (Fsp3) is 0.375.